The second kappa shape index (κ2) is 10.2. The van der Waals surface area contributed by atoms with Crippen molar-refractivity contribution in [1.29, 1.82) is 0 Å². The molecule has 2 rings (SSSR count). The molecule has 0 aliphatic carbocycles. The van der Waals surface area contributed by atoms with Crippen molar-refractivity contribution in [2.45, 2.75) is 6.92 Å². The fourth-order valence-electron chi connectivity index (χ4n) is 1.45. The van der Waals surface area contributed by atoms with Gasteiger partial charge in [0.25, 0.3) is 0 Å². The predicted octanol–water partition coefficient (Wildman–Crippen LogP) is 2.81. The number of carbonyl (C=O) groups excluding carboxylic acids is 1. The Morgan fingerprint density at radius 2 is 1.73 bits per heavy atom. The maximum Gasteiger partial charge on any atom is 0.150 e. The SMILES string of the molecule is CCOCCOc1ccc(C=O)cc1.Oc1c[c]cc(O)c1. The summed E-state index contributed by atoms with van der Waals surface area (Å²) in [5, 5.41) is 17.2. The highest BCUT2D eigenvalue weighted by atomic mass is 16.5. The van der Waals surface area contributed by atoms with Gasteiger partial charge in [0.15, 0.2) is 0 Å². The van der Waals surface area contributed by atoms with Gasteiger partial charge in [0.05, 0.1) is 6.61 Å². The minimum atomic E-state index is 0.0324. The van der Waals surface area contributed by atoms with Gasteiger partial charge in [-0.25, -0.2) is 0 Å². The van der Waals surface area contributed by atoms with Gasteiger partial charge in [-0.2, -0.15) is 0 Å². The lowest BCUT2D eigenvalue weighted by Gasteiger charge is -2.05. The highest BCUT2D eigenvalue weighted by Crippen LogP contribution is 2.14. The first-order chi connectivity index (χ1) is 10.7. The lowest BCUT2D eigenvalue weighted by atomic mass is 10.2. The van der Waals surface area contributed by atoms with Crippen LogP contribution in [0.4, 0.5) is 0 Å². The number of ether oxygens (including phenoxy) is 2. The largest absolute Gasteiger partial charge is 0.508 e. The molecule has 2 N–H and O–H groups in total. The average Bonchev–Trinajstić information content (AvgIpc) is 2.52. The maximum atomic E-state index is 10.4. The van der Waals surface area contributed by atoms with Gasteiger partial charge in [0, 0.05) is 18.2 Å². The molecule has 0 amide bonds. The van der Waals surface area contributed by atoms with Crippen LogP contribution in [0.15, 0.2) is 42.5 Å². The Morgan fingerprint density at radius 1 is 1.09 bits per heavy atom. The van der Waals surface area contributed by atoms with Crippen molar-refractivity contribution >= 4 is 6.29 Å². The highest BCUT2D eigenvalue weighted by molar-refractivity contribution is 5.74. The number of aldehydes is 1. The molecule has 0 bridgehead atoms. The summed E-state index contributed by atoms with van der Waals surface area (Å²) >= 11 is 0. The summed E-state index contributed by atoms with van der Waals surface area (Å²) in [6.45, 7) is 3.77. The molecule has 0 spiro atoms. The molecule has 0 saturated heterocycles. The Labute approximate surface area is 129 Å². The molecular formula is C17H19O5. The zero-order valence-electron chi connectivity index (χ0n) is 12.4. The van der Waals surface area contributed by atoms with E-state index < -0.39 is 0 Å². The van der Waals surface area contributed by atoms with Gasteiger partial charge < -0.3 is 19.7 Å². The standard InChI is InChI=1S/C11H14O3.C6H5O2/c1-2-13-7-8-14-11-5-3-10(9-12)4-6-11;7-5-2-1-3-6(8)4-5/h3-6,9H,2,7-8H2,1H3;2-4,7-8H. The third-order valence-corrected chi connectivity index (χ3v) is 2.47. The summed E-state index contributed by atoms with van der Waals surface area (Å²) in [5.41, 5.74) is 0.655. The molecule has 0 aliphatic heterocycles. The third kappa shape index (κ3) is 7.31. The van der Waals surface area contributed by atoms with E-state index in [9.17, 15) is 4.79 Å². The van der Waals surface area contributed by atoms with Crippen molar-refractivity contribution in [3.05, 3.63) is 54.1 Å². The molecule has 22 heavy (non-hydrogen) atoms. The highest BCUT2D eigenvalue weighted by Gasteiger charge is 1.93. The van der Waals surface area contributed by atoms with Gasteiger partial charge in [-0.1, -0.05) is 0 Å². The number of phenolic OH excluding ortho intramolecular Hbond substituents is 2. The second-order valence-corrected chi connectivity index (χ2v) is 4.18. The zero-order valence-corrected chi connectivity index (χ0v) is 12.4. The van der Waals surface area contributed by atoms with Gasteiger partial charge in [0.1, 0.15) is 30.1 Å². The Balaban J connectivity index is 0.000000255. The number of rotatable bonds is 6. The van der Waals surface area contributed by atoms with Crippen LogP contribution in [-0.4, -0.2) is 36.3 Å². The maximum absolute atomic E-state index is 10.4. The van der Waals surface area contributed by atoms with E-state index in [1.165, 1.54) is 18.2 Å². The number of carbonyl (C=O) groups is 1. The molecule has 117 valence electrons. The van der Waals surface area contributed by atoms with Gasteiger partial charge in [-0.15, -0.1) is 0 Å². The Bertz CT molecular complexity index is 534. The summed E-state index contributed by atoms with van der Waals surface area (Å²) in [4.78, 5) is 10.4. The van der Waals surface area contributed by atoms with Crippen molar-refractivity contribution < 1.29 is 24.5 Å². The van der Waals surface area contributed by atoms with Crippen LogP contribution >= 0.6 is 0 Å². The zero-order chi connectivity index (χ0) is 16.2. The van der Waals surface area contributed by atoms with Crippen LogP contribution in [0.5, 0.6) is 17.2 Å². The number of hydrogen-bond donors (Lipinski definition) is 2. The number of aromatic hydroxyl groups is 2. The van der Waals surface area contributed by atoms with Crippen LogP contribution in [-0.2, 0) is 4.74 Å². The molecule has 5 heteroatoms. The van der Waals surface area contributed by atoms with E-state index in [0.29, 0.717) is 25.4 Å². The van der Waals surface area contributed by atoms with Crippen LogP contribution in [0.3, 0.4) is 0 Å². The van der Waals surface area contributed by atoms with Gasteiger partial charge in [0.2, 0.25) is 0 Å². The van der Waals surface area contributed by atoms with E-state index >= 15 is 0 Å². The number of benzene rings is 2. The van der Waals surface area contributed by atoms with Crippen LogP contribution in [0.2, 0.25) is 0 Å². The molecule has 0 atom stereocenters. The predicted molar refractivity (Wildman–Crippen MR) is 82.4 cm³/mol. The summed E-state index contributed by atoms with van der Waals surface area (Å²) in [5.74, 6) is 0.824. The summed E-state index contributed by atoms with van der Waals surface area (Å²) < 4.78 is 10.5. The Kier molecular flexibility index (Phi) is 8.15. The van der Waals surface area contributed by atoms with E-state index in [-0.39, 0.29) is 11.5 Å². The summed E-state index contributed by atoms with van der Waals surface area (Å²) in [7, 11) is 0. The summed E-state index contributed by atoms with van der Waals surface area (Å²) in [6.07, 6.45) is 0.809. The fourth-order valence-corrected chi connectivity index (χ4v) is 1.45. The third-order valence-electron chi connectivity index (χ3n) is 2.47. The van der Waals surface area contributed by atoms with Crippen LogP contribution < -0.4 is 4.74 Å². The van der Waals surface area contributed by atoms with E-state index in [2.05, 4.69) is 6.07 Å². The van der Waals surface area contributed by atoms with Gasteiger partial charge in [-0.05, 0) is 49.4 Å². The van der Waals surface area contributed by atoms with Crippen LogP contribution in [0.1, 0.15) is 17.3 Å². The summed E-state index contributed by atoms with van der Waals surface area (Å²) in [6, 6.07) is 13.5. The fraction of sp³-hybridized carbons (Fsp3) is 0.235. The van der Waals surface area contributed by atoms with Gasteiger partial charge in [-0.3, -0.25) is 4.79 Å². The van der Waals surface area contributed by atoms with E-state index in [4.69, 9.17) is 19.7 Å². The van der Waals surface area contributed by atoms with Crippen LogP contribution in [0, 0.1) is 6.07 Å². The molecular weight excluding hydrogens is 284 g/mol. The molecule has 1 radical (unpaired) electrons. The quantitative estimate of drug-likeness (QED) is 0.634. The van der Waals surface area contributed by atoms with Gasteiger partial charge >= 0.3 is 0 Å². The van der Waals surface area contributed by atoms with E-state index in [1.807, 2.05) is 6.92 Å². The Hall–Kier alpha value is -2.53. The lowest BCUT2D eigenvalue weighted by Crippen LogP contribution is -2.06. The monoisotopic (exact) mass is 303 g/mol. The molecule has 0 unspecified atom stereocenters. The minimum absolute atomic E-state index is 0.0324. The Morgan fingerprint density at radius 3 is 2.18 bits per heavy atom. The topological polar surface area (TPSA) is 76.0 Å². The minimum Gasteiger partial charge on any atom is -0.508 e. The van der Waals surface area contributed by atoms with Crippen LogP contribution in [0.25, 0.3) is 0 Å². The molecule has 0 fully saturated rings. The lowest BCUT2D eigenvalue weighted by molar-refractivity contribution is 0.110. The molecule has 0 saturated carbocycles. The molecule has 2 aromatic rings. The van der Waals surface area contributed by atoms with Crippen molar-refractivity contribution in [2.24, 2.45) is 0 Å². The normalized spacial score (nSPS) is 9.50. The molecule has 0 aromatic heterocycles. The number of hydrogen-bond acceptors (Lipinski definition) is 5. The van der Waals surface area contributed by atoms with Crippen molar-refractivity contribution in [1.82, 2.24) is 0 Å². The smallest absolute Gasteiger partial charge is 0.150 e. The molecule has 0 heterocycles. The van der Waals surface area contributed by atoms with Crippen molar-refractivity contribution in [3.8, 4) is 17.2 Å². The molecule has 5 nitrogen and oxygen atoms in total. The van der Waals surface area contributed by atoms with E-state index in [0.717, 1.165) is 12.0 Å². The van der Waals surface area contributed by atoms with E-state index in [1.54, 1.807) is 24.3 Å². The first kappa shape index (κ1) is 17.5. The van der Waals surface area contributed by atoms with Crippen molar-refractivity contribution in [2.75, 3.05) is 19.8 Å². The first-order valence-corrected chi connectivity index (χ1v) is 6.80. The van der Waals surface area contributed by atoms with Crippen molar-refractivity contribution in [3.63, 3.8) is 0 Å². The number of phenols is 2. The first-order valence-electron chi connectivity index (χ1n) is 6.80. The average molecular weight is 303 g/mol. The second-order valence-electron chi connectivity index (χ2n) is 4.18. The molecule has 2 aromatic carbocycles. The molecule has 0 aliphatic rings.